The quantitative estimate of drug-likeness (QED) is 0.650. The van der Waals surface area contributed by atoms with E-state index >= 15 is 0 Å². The largest absolute Gasteiger partial charge is 0.481 e. The Kier molecular flexibility index (Phi) is 6.71. The van der Waals surface area contributed by atoms with Crippen molar-refractivity contribution in [1.29, 1.82) is 0 Å². The van der Waals surface area contributed by atoms with Crippen LogP contribution < -0.4 is 4.72 Å². The summed E-state index contributed by atoms with van der Waals surface area (Å²) in [6.07, 6.45) is 0.252. The van der Waals surface area contributed by atoms with Gasteiger partial charge in [0.25, 0.3) is 10.0 Å². The fourth-order valence-corrected chi connectivity index (χ4v) is 4.71. The van der Waals surface area contributed by atoms with Crippen LogP contribution in [-0.4, -0.2) is 46.3 Å². The lowest BCUT2D eigenvalue weighted by Gasteiger charge is -2.17. The predicted molar refractivity (Wildman–Crippen MR) is 110 cm³/mol. The van der Waals surface area contributed by atoms with E-state index in [4.69, 9.17) is 5.11 Å². The van der Waals surface area contributed by atoms with E-state index in [1.165, 1.54) is 38.4 Å². The summed E-state index contributed by atoms with van der Waals surface area (Å²) in [6.45, 7) is 3.41. The number of anilines is 1. The Hall–Kier alpha value is -2.43. The van der Waals surface area contributed by atoms with Crippen molar-refractivity contribution in [2.75, 3.05) is 18.8 Å². The zero-order valence-electron chi connectivity index (χ0n) is 16.6. The van der Waals surface area contributed by atoms with E-state index in [2.05, 4.69) is 4.72 Å². The Morgan fingerprint density at radius 2 is 1.59 bits per heavy atom. The average Bonchev–Trinajstić information content (AvgIpc) is 2.63. The van der Waals surface area contributed by atoms with Gasteiger partial charge < -0.3 is 5.11 Å². The second-order valence-corrected chi connectivity index (χ2v) is 10.7. The van der Waals surface area contributed by atoms with Crippen molar-refractivity contribution < 1.29 is 26.7 Å². The lowest BCUT2D eigenvalue weighted by molar-refractivity contribution is -0.136. The molecular weight excluding hydrogens is 416 g/mol. The number of aryl methyl sites for hydroxylation is 2. The number of carboxylic acids is 1. The number of benzene rings is 2. The van der Waals surface area contributed by atoms with Gasteiger partial charge in [-0.15, -0.1) is 0 Å². The van der Waals surface area contributed by atoms with Crippen LogP contribution in [0.2, 0.25) is 0 Å². The number of aliphatic carboxylic acids is 1. The number of carbonyl (C=O) groups is 1. The van der Waals surface area contributed by atoms with Crippen LogP contribution in [0.1, 0.15) is 23.1 Å². The molecule has 0 aliphatic carbocycles. The molecular formula is C19H24N2O6S2. The van der Waals surface area contributed by atoms with Gasteiger partial charge in [-0.1, -0.05) is 12.1 Å². The van der Waals surface area contributed by atoms with Gasteiger partial charge >= 0.3 is 5.97 Å². The molecule has 0 heterocycles. The molecule has 0 amide bonds. The first-order chi connectivity index (χ1) is 13.3. The van der Waals surface area contributed by atoms with E-state index in [9.17, 15) is 21.6 Å². The molecule has 0 unspecified atom stereocenters. The van der Waals surface area contributed by atoms with Crippen LogP contribution in [0.4, 0.5) is 5.69 Å². The third kappa shape index (κ3) is 5.34. The first kappa shape index (κ1) is 22.9. The zero-order chi connectivity index (χ0) is 22.0. The third-order valence-corrected chi connectivity index (χ3v) is 7.70. The monoisotopic (exact) mass is 440 g/mol. The van der Waals surface area contributed by atoms with Gasteiger partial charge in [-0.25, -0.2) is 21.1 Å². The molecule has 0 radical (unpaired) electrons. The highest BCUT2D eigenvalue weighted by atomic mass is 32.2. The summed E-state index contributed by atoms with van der Waals surface area (Å²) in [4.78, 5) is 10.6. The summed E-state index contributed by atoms with van der Waals surface area (Å²) in [5, 5.41) is 8.73. The Morgan fingerprint density at radius 3 is 2.10 bits per heavy atom. The molecule has 0 spiro atoms. The molecule has 29 heavy (non-hydrogen) atoms. The second-order valence-electron chi connectivity index (χ2n) is 6.84. The number of nitrogens with zero attached hydrogens (tertiary/aromatic N) is 1. The van der Waals surface area contributed by atoms with Crippen molar-refractivity contribution in [3.8, 4) is 0 Å². The molecule has 10 heteroatoms. The molecule has 0 saturated heterocycles. The smallest absolute Gasteiger partial charge is 0.303 e. The van der Waals surface area contributed by atoms with Gasteiger partial charge in [0.2, 0.25) is 10.0 Å². The summed E-state index contributed by atoms with van der Waals surface area (Å²) in [5.74, 6) is -0.929. The van der Waals surface area contributed by atoms with Gasteiger partial charge in [0, 0.05) is 20.5 Å². The fraction of sp³-hybridized carbons (Fsp3) is 0.316. The molecule has 0 saturated carbocycles. The van der Waals surface area contributed by atoms with Crippen LogP contribution in [0.25, 0.3) is 0 Å². The molecule has 0 fully saturated rings. The molecule has 2 aromatic rings. The van der Waals surface area contributed by atoms with Gasteiger partial charge in [-0.05, 0) is 61.2 Å². The van der Waals surface area contributed by atoms with Crippen LogP contribution >= 0.6 is 0 Å². The number of hydrogen-bond donors (Lipinski definition) is 2. The summed E-state index contributed by atoms with van der Waals surface area (Å²) in [6, 6.07) is 8.70. The topological polar surface area (TPSA) is 121 Å². The Balaban J connectivity index is 2.37. The van der Waals surface area contributed by atoms with Crippen molar-refractivity contribution in [2.24, 2.45) is 0 Å². The van der Waals surface area contributed by atoms with E-state index < -0.39 is 26.0 Å². The molecule has 0 atom stereocenters. The second kappa shape index (κ2) is 8.52. The highest BCUT2D eigenvalue weighted by molar-refractivity contribution is 7.92. The van der Waals surface area contributed by atoms with Gasteiger partial charge in [-0.3, -0.25) is 9.52 Å². The minimum atomic E-state index is -3.96. The lowest BCUT2D eigenvalue weighted by atomic mass is 10.1. The van der Waals surface area contributed by atoms with Gasteiger partial charge in [0.1, 0.15) is 0 Å². The van der Waals surface area contributed by atoms with Crippen molar-refractivity contribution in [3.63, 3.8) is 0 Å². The van der Waals surface area contributed by atoms with Crippen LogP contribution in [0.15, 0.2) is 46.2 Å². The van der Waals surface area contributed by atoms with Crippen LogP contribution in [-0.2, 0) is 31.3 Å². The minimum absolute atomic E-state index is 0.00509. The molecule has 0 aliphatic rings. The average molecular weight is 441 g/mol. The molecule has 0 aliphatic heterocycles. The van der Waals surface area contributed by atoms with Gasteiger partial charge in [0.15, 0.2) is 0 Å². The number of sulfonamides is 2. The van der Waals surface area contributed by atoms with E-state index in [1.807, 2.05) is 0 Å². The number of carboxylic acid groups (broad SMARTS) is 1. The lowest BCUT2D eigenvalue weighted by Crippen LogP contribution is -2.23. The third-order valence-electron chi connectivity index (χ3n) is 4.52. The van der Waals surface area contributed by atoms with Crippen molar-refractivity contribution in [1.82, 2.24) is 4.31 Å². The molecule has 0 aromatic heterocycles. The van der Waals surface area contributed by atoms with Crippen LogP contribution in [0.3, 0.4) is 0 Å². The molecule has 0 bridgehead atoms. The Morgan fingerprint density at radius 1 is 1.00 bits per heavy atom. The highest BCUT2D eigenvalue weighted by Crippen LogP contribution is 2.27. The number of rotatable bonds is 8. The van der Waals surface area contributed by atoms with Crippen LogP contribution in [0.5, 0.6) is 0 Å². The van der Waals surface area contributed by atoms with E-state index in [1.54, 1.807) is 26.0 Å². The maximum Gasteiger partial charge on any atom is 0.303 e. The Bertz CT molecular complexity index is 1120. The van der Waals surface area contributed by atoms with Crippen molar-refractivity contribution >= 4 is 31.7 Å². The predicted octanol–water partition coefficient (Wildman–Crippen LogP) is 2.37. The summed E-state index contributed by atoms with van der Waals surface area (Å²) < 4.78 is 53.9. The fourth-order valence-electron chi connectivity index (χ4n) is 2.58. The summed E-state index contributed by atoms with van der Waals surface area (Å²) >= 11 is 0. The molecule has 158 valence electrons. The molecule has 8 nitrogen and oxygen atoms in total. The first-order valence-electron chi connectivity index (χ1n) is 8.72. The van der Waals surface area contributed by atoms with Gasteiger partial charge in [0.05, 0.1) is 15.5 Å². The standard InChI is InChI=1S/C19H24N2O6S2/c1-13-11-17(29(26,27)21(3)4)12-18(14(13)2)20-28(24,25)16-8-5-15(6-9-16)7-10-19(22)23/h5-6,8-9,11-12,20H,7,10H2,1-4H3,(H,22,23). The van der Waals surface area contributed by atoms with E-state index in [0.717, 1.165) is 4.31 Å². The van der Waals surface area contributed by atoms with Crippen molar-refractivity contribution in [2.45, 2.75) is 36.5 Å². The first-order valence-corrected chi connectivity index (χ1v) is 11.6. The summed E-state index contributed by atoms with van der Waals surface area (Å²) in [7, 11) is -4.88. The number of nitrogens with one attached hydrogen (secondary N) is 1. The van der Waals surface area contributed by atoms with Crippen molar-refractivity contribution in [3.05, 3.63) is 53.1 Å². The normalized spacial score (nSPS) is 12.2. The van der Waals surface area contributed by atoms with E-state index in [0.29, 0.717) is 23.1 Å². The molecule has 2 N–H and O–H groups in total. The summed E-state index contributed by atoms with van der Waals surface area (Å²) in [5.41, 5.74) is 2.14. The van der Waals surface area contributed by atoms with E-state index in [-0.39, 0.29) is 21.9 Å². The maximum absolute atomic E-state index is 12.8. The molecule has 2 aromatic carbocycles. The zero-order valence-corrected chi connectivity index (χ0v) is 18.3. The molecule has 2 rings (SSSR count). The number of hydrogen-bond acceptors (Lipinski definition) is 5. The highest BCUT2D eigenvalue weighted by Gasteiger charge is 2.22. The SMILES string of the molecule is Cc1cc(S(=O)(=O)N(C)C)cc(NS(=O)(=O)c2ccc(CCC(=O)O)cc2)c1C. The maximum atomic E-state index is 12.8. The van der Waals surface area contributed by atoms with Crippen LogP contribution in [0, 0.1) is 13.8 Å². The minimum Gasteiger partial charge on any atom is -0.481 e. The van der Waals surface area contributed by atoms with Gasteiger partial charge in [-0.2, -0.15) is 0 Å². The Labute approximate surface area is 171 Å².